The number of aromatic nitrogens is 2. The SMILES string of the molecule is Nc1ncnc(Oc2ccc(CCO)cc2)c1[N+](=O)[O-]. The fraction of sp³-hybridized carbons (Fsp3) is 0.167. The van der Waals surface area contributed by atoms with E-state index in [1.807, 2.05) is 0 Å². The fourth-order valence-corrected chi connectivity index (χ4v) is 1.59. The smallest absolute Gasteiger partial charge is 0.372 e. The average Bonchev–Trinajstić information content (AvgIpc) is 2.41. The van der Waals surface area contributed by atoms with Crippen molar-refractivity contribution in [3.63, 3.8) is 0 Å². The molecule has 8 heteroatoms. The number of aliphatic hydroxyl groups excluding tert-OH is 1. The molecule has 2 rings (SSSR count). The van der Waals surface area contributed by atoms with Gasteiger partial charge in [-0.05, 0) is 24.1 Å². The molecule has 104 valence electrons. The third-order valence-electron chi connectivity index (χ3n) is 2.54. The summed E-state index contributed by atoms with van der Waals surface area (Å²) in [4.78, 5) is 17.5. The van der Waals surface area contributed by atoms with Crippen molar-refractivity contribution < 1.29 is 14.8 Å². The molecule has 1 aromatic heterocycles. The molecule has 0 saturated carbocycles. The summed E-state index contributed by atoms with van der Waals surface area (Å²) in [7, 11) is 0. The van der Waals surface area contributed by atoms with Crippen molar-refractivity contribution in [2.75, 3.05) is 12.3 Å². The minimum absolute atomic E-state index is 0.0497. The number of rotatable bonds is 5. The Bertz CT molecular complexity index is 615. The van der Waals surface area contributed by atoms with Gasteiger partial charge in [0.05, 0.1) is 4.92 Å². The summed E-state index contributed by atoms with van der Waals surface area (Å²) in [5.74, 6) is -0.0813. The van der Waals surface area contributed by atoms with Gasteiger partial charge < -0.3 is 15.6 Å². The molecule has 0 aliphatic heterocycles. The summed E-state index contributed by atoms with van der Waals surface area (Å²) < 4.78 is 5.35. The van der Waals surface area contributed by atoms with Crippen LogP contribution in [0.2, 0.25) is 0 Å². The highest BCUT2D eigenvalue weighted by atomic mass is 16.6. The number of ether oxygens (including phenoxy) is 1. The second-order valence-electron chi connectivity index (χ2n) is 3.89. The van der Waals surface area contributed by atoms with E-state index in [0.29, 0.717) is 12.2 Å². The Morgan fingerprint density at radius 3 is 2.60 bits per heavy atom. The molecule has 0 bridgehead atoms. The van der Waals surface area contributed by atoms with E-state index in [0.717, 1.165) is 11.9 Å². The maximum absolute atomic E-state index is 10.9. The number of benzene rings is 1. The number of nitro groups is 1. The zero-order chi connectivity index (χ0) is 14.5. The normalized spacial score (nSPS) is 10.2. The van der Waals surface area contributed by atoms with Gasteiger partial charge in [-0.2, -0.15) is 4.98 Å². The molecular formula is C12H12N4O4. The minimum Gasteiger partial charge on any atom is -0.434 e. The number of aliphatic hydroxyl groups is 1. The van der Waals surface area contributed by atoms with Gasteiger partial charge in [-0.3, -0.25) is 10.1 Å². The molecule has 0 saturated heterocycles. The lowest BCUT2D eigenvalue weighted by Gasteiger charge is -2.06. The van der Waals surface area contributed by atoms with Crippen molar-refractivity contribution in [3.8, 4) is 11.6 Å². The van der Waals surface area contributed by atoms with Crippen LogP contribution in [0.1, 0.15) is 5.56 Å². The molecule has 0 fully saturated rings. The number of nitrogens with zero attached hydrogens (tertiary/aromatic N) is 3. The fourth-order valence-electron chi connectivity index (χ4n) is 1.59. The third kappa shape index (κ3) is 2.98. The number of nitrogen functional groups attached to an aromatic ring is 1. The Morgan fingerprint density at radius 2 is 2.00 bits per heavy atom. The number of hydrogen-bond acceptors (Lipinski definition) is 7. The first-order valence-electron chi connectivity index (χ1n) is 5.74. The minimum atomic E-state index is -0.690. The molecule has 0 atom stereocenters. The summed E-state index contributed by atoms with van der Waals surface area (Å²) in [6, 6.07) is 6.77. The van der Waals surface area contributed by atoms with Gasteiger partial charge in [0.15, 0.2) is 0 Å². The molecule has 8 nitrogen and oxygen atoms in total. The Morgan fingerprint density at radius 1 is 1.30 bits per heavy atom. The van der Waals surface area contributed by atoms with Crippen LogP contribution in [0.5, 0.6) is 11.6 Å². The number of hydrogen-bond donors (Lipinski definition) is 2. The van der Waals surface area contributed by atoms with Crippen LogP contribution in [0.4, 0.5) is 11.5 Å². The van der Waals surface area contributed by atoms with Crippen molar-refractivity contribution in [1.82, 2.24) is 9.97 Å². The van der Waals surface area contributed by atoms with Crippen LogP contribution < -0.4 is 10.5 Å². The zero-order valence-electron chi connectivity index (χ0n) is 10.4. The van der Waals surface area contributed by atoms with Crippen molar-refractivity contribution in [1.29, 1.82) is 0 Å². The second-order valence-corrected chi connectivity index (χ2v) is 3.89. The van der Waals surface area contributed by atoms with Gasteiger partial charge >= 0.3 is 11.6 Å². The Labute approximate surface area is 114 Å². The molecular weight excluding hydrogens is 264 g/mol. The largest absolute Gasteiger partial charge is 0.434 e. The third-order valence-corrected chi connectivity index (χ3v) is 2.54. The van der Waals surface area contributed by atoms with Gasteiger partial charge in [-0.15, -0.1) is 0 Å². The van der Waals surface area contributed by atoms with E-state index in [-0.39, 0.29) is 18.3 Å². The monoisotopic (exact) mass is 276 g/mol. The predicted molar refractivity (Wildman–Crippen MR) is 70.4 cm³/mol. The molecule has 1 aromatic carbocycles. The van der Waals surface area contributed by atoms with Gasteiger partial charge in [0.1, 0.15) is 12.1 Å². The first-order chi connectivity index (χ1) is 9.61. The molecule has 1 heterocycles. The molecule has 0 spiro atoms. The quantitative estimate of drug-likeness (QED) is 0.622. The molecule has 0 aliphatic rings. The second kappa shape index (κ2) is 5.93. The van der Waals surface area contributed by atoms with Crippen molar-refractivity contribution in [2.45, 2.75) is 6.42 Å². The summed E-state index contributed by atoms with van der Waals surface area (Å²) in [6.45, 7) is 0.0497. The highest BCUT2D eigenvalue weighted by Gasteiger charge is 2.22. The molecule has 20 heavy (non-hydrogen) atoms. The summed E-state index contributed by atoms with van der Waals surface area (Å²) in [5.41, 5.74) is 5.90. The predicted octanol–water partition coefficient (Wildman–Crippen LogP) is 1.29. The van der Waals surface area contributed by atoms with Crippen molar-refractivity contribution in [3.05, 3.63) is 46.3 Å². The maximum atomic E-state index is 10.9. The number of nitrogens with two attached hydrogens (primary N) is 1. The summed E-state index contributed by atoms with van der Waals surface area (Å²) in [6.07, 6.45) is 1.62. The zero-order valence-corrected chi connectivity index (χ0v) is 10.4. The Balaban J connectivity index is 2.26. The van der Waals surface area contributed by atoms with E-state index in [2.05, 4.69) is 9.97 Å². The highest BCUT2D eigenvalue weighted by molar-refractivity contribution is 5.58. The maximum Gasteiger partial charge on any atom is 0.372 e. The molecule has 0 aliphatic carbocycles. The lowest BCUT2D eigenvalue weighted by atomic mass is 10.1. The first-order valence-corrected chi connectivity index (χ1v) is 5.74. The highest BCUT2D eigenvalue weighted by Crippen LogP contribution is 2.32. The van der Waals surface area contributed by atoms with E-state index in [9.17, 15) is 10.1 Å². The van der Waals surface area contributed by atoms with Gasteiger partial charge in [-0.1, -0.05) is 12.1 Å². The topological polar surface area (TPSA) is 124 Å². The molecule has 3 N–H and O–H groups in total. The Hall–Kier alpha value is -2.74. The van der Waals surface area contributed by atoms with Crippen LogP contribution in [0, 0.1) is 10.1 Å². The lowest BCUT2D eigenvalue weighted by Crippen LogP contribution is -2.02. The average molecular weight is 276 g/mol. The Kier molecular flexibility index (Phi) is 4.06. The van der Waals surface area contributed by atoms with Gasteiger partial charge in [0.25, 0.3) is 0 Å². The van der Waals surface area contributed by atoms with Crippen LogP contribution in [0.25, 0.3) is 0 Å². The van der Waals surface area contributed by atoms with Crippen LogP contribution in [-0.2, 0) is 6.42 Å². The van der Waals surface area contributed by atoms with E-state index in [1.165, 1.54) is 0 Å². The standard InChI is InChI=1S/C12H12N4O4/c13-11-10(16(18)19)12(15-7-14-11)20-9-3-1-8(2-4-9)5-6-17/h1-4,7,17H,5-6H2,(H2,13,14,15). The van der Waals surface area contributed by atoms with E-state index >= 15 is 0 Å². The first kappa shape index (κ1) is 13.7. The van der Waals surface area contributed by atoms with Crippen molar-refractivity contribution in [2.24, 2.45) is 0 Å². The van der Waals surface area contributed by atoms with Crippen LogP contribution in [0.15, 0.2) is 30.6 Å². The van der Waals surface area contributed by atoms with Crippen LogP contribution >= 0.6 is 0 Å². The molecule has 0 unspecified atom stereocenters. The van der Waals surface area contributed by atoms with Crippen molar-refractivity contribution >= 4 is 11.5 Å². The molecule has 0 radical (unpaired) electrons. The van der Waals surface area contributed by atoms with Gasteiger partial charge in [-0.25, -0.2) is 4.98 Å². The molecule has 2 aromatic rings. The summed E-state index contributed by atoms with van der Waals surface area (Å²) >= 11 is 0. The van der Waals surface area contributed by atoms with Gasteiger partial charge in [0.2, 0.25) is 5.82 Å². The van der Waals surface area contributed by atoms with E-state index in [4.69, 9.17) is 15.6 Å². The van der Waals surface area contributed by atoms with E-state index in [1.54, 1.807) is 24.3 Å². The molecule has 0 amide bonds. The van der Waals surface area contributed by atoms with Crippen LogP contribution in [-0.4, -0.2) is 26.6 Å². The number of anilines is 1. The summed E-state index contributed by atoms with van der Waals surface area (Å²) in [5, 5.41) is 19.7. The lowest BCUT2D eigenvalue weighted by molar-refractivity contribution is -0.385. The van der Waals surface area contributed by atoms with E-state index < -0.39 is 10.6 Å². The van der Waals surface area contributed by atoms with Crippen LogP contribution in [0.3, 0.4) is 0 Å². The van der Waals surface area contributed by atoms with Gasteiger partial charge in [0, 0.05) is 6.61 Å².